The maximum absolute atomic E-state index is 12.7. The van der Waals surface area contributed by atoms with E-state index in [1.54, 1.807) is 18.3 Å². The Bertz CT molecular complexity index is 1020. The van der Waals surface area contributed by atoms with E-state index in [9.17, 15) is 4.79 Å². The van der Waals surface area contributed by atoms with Crippen molar-refractivity contribution in [3.05, 3.63) is 65.6 Å². The third-order valence-corrected chi connectivity index (χ3v) is 6.27. The molecule has 3 heterocycles. The normalized spacial score (nSPS) is 15.2. The Morgan fingerprint density at radius 1 is 1.13 bits per heavy atom. The van der Waals surface area contributed by atoms with Gasteiger partial charge in [-0.1, -0.05) is 17.7 Å². The molecular formula is C24H27ClN4O2. The highest BCUT2D eigenvalue weighted by Crippen LogP contribution is 2.29. The van der Waals surface area contributed by atoms with Crippen molar-refractivity contribution in [2.24, 2.45) is 0 Å². The summed E-state index contributed by atoms with van der Waals surface area (Å²) in [5.74, 6) is 0.553. The smallest absolute Gasteiger partial charge is 0.260 e. The number of rotatable bonds is 7. The quantitative estimate of drug-likeness (QED) is 0.561. The molecule has 31 heavy (non-hydrogen) atoms. The van der Waals surface area contributed by atoms with Gasteiger partial charge < -0.3 is 14.5 Å². The zero-order valence-electron chi connectivity index (χ0n) is 17.7. The number of likely N-dealkylation sites (N-methyl/N-ethyl adjacent to an activating group) is 1. The first-order valence-corrected chi connectivity index (χ1v) is 11.0. The number of nitrogens with zero attached hydrogens (tertiary/aromatic N) is 4. The second kappa shape index (κ2) is 10.1. The van der Waals surface area contributed by atoms with Gasteiger partial charge in [0, 0.05) is 62.6 Å². The highest BCUT2D eigenvalue weighted by atomic mass is 35.5. The molecular weight excluding hydrogens is 412 g/mol. The topological polar surface area (TPSA) is 58.6 Å². The van der Waals surface area contributed by atoms with Crippen LogP contribution in [0.25, 0.3) is 10.9 Å². The monoisotopic (exact) mass is 438 g/mol. The number of halogens is 1. The van der Waals surface area contributed by atoms with E-state index in [1.165, 1.54) is 0 Å². The third kappa shape index (κ3) is 5.32. The molecule has 0 radical (unpaired) electrons. The fourth-order valence-corrected chi connectivity index (χ4v) is 4.24. The summed E-state index contributed by atoms with van der Waals surface area (Å²) >= 11 is 6.23. The van der Waals surface area contributed by atoms with E-state index in [-0.39, 0.29) is 18.6 Å². The number of amides is 1. The van der Waals surface area contributed by atoms with E-state index in [0.29, 0.717) is 16.3 Å². The van der Waals surface area contributed by atoms with E-state index in [1.807, 2.05) is 42.4 Å². The van der Waals surface area contributed by atoms with Gasteiger partial charge in [0.25, 0.3) is 5.91 Å². The van der Waals surface area contributed by atoms with Crippen molar-refractivity contribution >= 4 is 28.4 Å². The number of carbonyl (C=O) groups excluding carboxylic acids is 1. The molecule has 1 aliphatic heterocycles. The van der Waals surface area contributed by atoms with Crippen LogP contribution in [-0.2, 0) is 11.2 Å². The van der Waals surface area contributed by atoms with Gasteiger partial charge in [-0.15, -0.1) is 0 Å². The number of carbonyl (C=O) groups is 1. The van der Waals surface area contributed by atoms with Crippen molar-refractivity contribution in [1.29, 1.82) is 0 Å². The molecule has 2 aromatic heterocycles. The molecule has 6 nitrogen and oxygen atoms in total. The molecule has 1 fully saturated rings. The first-order valence-electron chi connectivity index (χ1n) is 10.7. The lowest BCUT2D eigenvalue weighted by atomic mass is 10.0. The van der Waals surface area contributed by atoms with Gasteiger partial charge in [-0.2, -0.15) is 0 Å². The van der Waals surface area contributed by atoms with Crippen LogP contribution in [0.1, 0.15) is 18.5 Å². The van der Waals surface area contributed by atoms with Crippen LogP contribution in [0.5, 0.6) is 5.75 Å². The molecule has 3 aromatic rings. The highest BCUT2D eigenvalue weighted by molar-refractivity contribution is 6.35. The van der Waals surface area contributed by atoms with Crippen molar-refractivity contribution in [1.82, 2.24) is 19.8 Å². The zero-order chi connectivity index (χ0) is 21.6. The molecule has 0 saturated carbocycles. The molecule has 1 saturated heterocycles. The standard InChI is InChI=1S/C24H27ClN4O2/c1-28(19-10-15-29(16-11-19)14-9-18-5-2-3-12-26-18)23(30)17-31-22-8-7-21(25)20-6-4-13-27-24(20)22/h2-8,12-13,19H,9-11,14-17H2,1H3. The molecule has 7 heteroatoms. The summed E-state index contributed by atoms with van der Waals surface area (Å²) in [5.41, 5.74) is 1.80. The van der Waals surface area contributed by atoms with Gasteiger partial charge in [-0.25, -0.2) is 0 Å². The van der Waals surface area contributed by atoms with Crippen LogP contribution in [0.3, 0.4) is 0 Å². The van der Waals surface area contributed by atoms with Crippen LogP contribution in [0.2, 0.25) is 5.02 Å². The minimum Gasteiger partial charge on any atom is -0.481 e. The van der Waals surface area contributed by atoms with Crippen molar-refractivity contribution in [3.8, 4) is 5.75 Å². The van der Waals surface area contributed by atoms with Crippen LogP contribution in [0.4, 0.5) is 0 Å². The second-order valence-corrected chi connectivity index (χ2v) is 8.29. The summed E-state index contributed by atoms with van der Waals surface area (Å²) in [4.78, 5) is 25.8. The van der Waals surface area contributed by atoms with Crippen molar-refractivity contribution < 1.29 is 9.53 Å². The predicted molar refractivity (Wildman–Crippen MR) is 122 cm³/mol. The Balaban J connectivity index is 1.26. The molecule has 162 valence electrons. The van der Waals surface area contributed by atoms with Gasteiger partial charge in [-0.05, 0) is 49.2 Å². The minimum absolute atomic E-state index is 0.0102. The van der Waals surface area contributed by atoms with Crippen molar-refractivity contribution in [2.45, 2.75) is 25.3 Å². The average Bonchev–Trinajstić information content (AvgIpc) is 2.83. The summed E-state index contributed by atoms with van der Waals surface area (Å²) in [7, 11) is 1.87. The minimum atomic E-state index is -0.0223. The maximum atomic E-state index is 12.7. The SMILES string of the molecule is CN(C(=O)COc1ccc(Cl)c2cccnc12)C1CCN(CCc2ccccn2)CC1. The number of aromatic nitrogens is 2. The van der Waals surface area contributed by atoms with Gasteiger partial charge in [0.2, 0.25) is 0 Å². The van der Waals surface area contributed by atoms with E-state index >= 15 is 0 Å². The number of fused-ring (bicyclic) bond motifs is 1. The van der Waals surface area contributed by atoms with Gasteiger partial charge in [0.05, 0.1) is 5.02 Å². The lowest BCUT2D eigenvalue weighted by molar-refractivity contribution is -0.135. The molecule has 4 rings (SSSR count). The number of benzene rings is 1. The molecule has 0 aliphatic carbocycles. The first-order chi connectivity index (χ1) is 15.1. The van der Waals surface area contributed by atoms with E-state index in [0.717, 1.165) is 50.0 Å². The average molecular weight is 439 g/mol. The number of hydrogen-bond acceptors (Lipinski definition) is 5. The molecule has 0 bridgehead atoms. The fourth-order valence-electron chi connectivity index (χ4n) is 4.02. The summed E-state index contributed by atoms with van der Waals surface area (Å²) < 4.78 is 5.83. The molecule has 0 spiro atoms. The van der Waals surface area contributed by atoms with Crippen LogP contribution >= 0.6 is 11.6 Å². The molecule has 0 atom stereocenters. The fraction of sp³-hybridized carbons (Fsp3) is 0.375. The highest BCUT2D eigenvalue weighted by Gasteiger charge is 2.25. The van der Waals surface area contributed by atoms with Crippen molar-refractivity contribution in [2.75, 3.05) is 33.3 Å². The zero-order valence-corrected chi connectivity index (χ0v) is 18.5. The summed E-state index contributed by atoms with van der Waals surface area (Å²) in [6.45, 7) is 2.97. The number of likely N-dealkylation sites (tertiary alicyclic amines) is 1. The summed E-state index contributed by atoms with van der Waals surface area (Å²) in [6, 6.07) is 13.5. The van der Waals surface area contributed by atoms with Gasteiger partial charge in [-0.3, -0.25) is 14.8 Å². The van der Waals surface area contributed by atoms with Crippen LogP contribution in [0, 0.1) is 0 Å². The van der Waals surface area contributed by atoms with Crippen LogP contribution < -0.4 is 4.74 Å². The number of piperidine rings is 1. The number of hydrogen-bond donors (Lipinski definition) is 0. The predicted octanol–water partition coefficient (Wildman–Crippen LogP) is 3.83. The molecule has 1 aromatic carbocycles. The Morgan fingerprint density at radius 2 is 1.94 bits per heavy atom. The largest absolute Gasteiger partial charge is 0.481 e. The summed E-state index contributed by atoms with van der Waals surface area (Å²) in [6.07, 6.45) is 6.43. The summed E-state index contributed by atoms with van der Waals surface area (Å²) in [5, 5.41) is 1.44. The Hall–Kier alpha value is -2.70. The van der Waals surface area contributed by atoms with Crippen LogP contribution in [-0.4, -0.2) is 65.0 Å². The Labute approximate surface area is 187 Å². The van der Waals surface area contributed by atoms with Gasteiger partial charge >= 0.3 is 0 Å². The van der Waals surface area contributed by atoms with E-state index in [4.69, 9.17) is 16.3 Å². The number of ether oxygens (including phenoxy) is 1. The maximum Gasteiger partial charge on any atom is 0.260 e. The first kappa shape index (κ1) is 21.5. The Kier molecular flexibility index (Phi) is 6.99. The van der Waals surface area contributed by atoms with Gasteiger partial charge in [0.15, 0.2) is 6.61 Å². The van der Waals surface area contributed by atoms with E-state index < -0.39 is 0 Å². The van der Waals surface area contributed by atoms with Crippen LogP contribution in [0.15, 0.2) is 54.9 Å². The Morgan fingerprint density at radius 3 is 2.71 bits per heavy atom. The molecule has 1 amide bonds. The third-order valence-electron chi connectivity index (χ3n) is 5.94. The van der Waals surface area contributed by atoms with E-state index in [2.05, 4.69) is 20.9 Å². The van der Waals surface area contributed by atoms with Gasteiger partial charge in [0.1, 0.15) is 11.3 Å². The number of pyridine rings is 2. The molecule has 1 aliphatic rings. The second-order valence-electron chi connectivity index (χ2n) is 7.88. The van der Waals surface area contributed by atoms with Crippen molar-refractivity contribution in [3.63, 3.8) is 0 Å². The molecule has 0 unspecified atom stereocenters. The molecule has 0 N–H and O–H groups in total. The lowest BCUT2D eigenvalue weighted by Gasteiger charge is -2.36. The lowest BCUT2D eigenvalue weighted by Crippen LogP contribution is -2.47.